The lowest BCUT2D eigenvalue weighted by atomic mass is 10.2. The zero-order chi connectivity index (χ0) is 12.7. The van der Waals surface area contributed by atoms with Gasteiger partial charge in [-0.3, -0.25) is 4.79 Å². The monoisotopic (exact) mass is 413 g/mol. The first-order valence-corrected chi connectivity index (χ1v) is 7.76. The molecule has 0 aliphatic heterocycles. The molecule has 1 amide bonds. The van der Waals surface area contributed by atoms with Gasteiger partial charge in [0.05, 0.1) is 5.56 Å². The number of alkyl halides is 1. The van der Waals surface area contributed by atoms with Crippen molar-refractivity contribution in [2.24, 2.45) is 0 Å². The number of carbonyl (C=O) groups excluding carboxylic acids is 1. The molecule has 0 fully saturated rings. The largest absolute Gasteiger partial charge is 0.352 e. The van der Waals surface area contributed by atoms with Crippen LogP contribution < -0.4 is 5.32 Å². The number of hydrogen-bond acceptors (Lipinski definition) is 1. The molecule has 0 radical (unpaired) electrons. The van der Waals surface area contributed by atoms with E-state index in [9.17, 15) is 9.18 Å². The van der Waals surface area contributed by atoms with E-state index < -0.39 is 5.82 Å². The Morgan fingerprint density at radius 3 is 2.76 bits per heavy atom. The molecule has 0 spiro atoms. The van der Waals surface area contributed by atoms with Gasteiger partial charge in [0.2, 0.25) is 0 Å². The van der Waals surface area contributed by atoms with E-state index in [2.05, 4.69) is 43.8 Å². The summed E-state index contributed by atoms with van der Waals surface area (Å²) >= 11 is 5.48. The Morgan fingerprint density at radius 1 is 1.35 bits per heavy atom. The molecule has 5 heteroatoms. The highest BCUT2D eigenvalue weighted by Crippen LogP contribution is 2.15. The van der Waals surface area contributed by atoms with Crippen LogP contribution in [0, 0.1) is 5.82 Å². The van der Waals surface area contributed by atoms with Gasteiger partial charge in [-0.15, -0.1) is 0 Å². The maximum Gasteiger partial charge on any atom is 0.254 e. The van der Waals surface area contributed by atoms with Crippen molar-refractivity contribution >= 4 is 44.4 Å². The number of halogens is 3. The van der Waals surface area contributed by atoms with Gasteiger partial charge in [0.25, 0.3) is 5.91 Å². The molecule has 1 aromatic carbocycles. The summed E-state index contributed by atoms with van der Waals surface area (Å²) in [6.07, 6.45) is 3.18. The Balaban J connectivity index is 2.42. The summed E-state index contributed by atoms with van der Waals surface area (Å²) < 4.78 is 15.2. The molecule has 0 unspecified atom stereocenters. The standard InChI is InChI=1S/C12H14BrFINO/c13-9-4-5-10(11(14)8-9)12(17)16-7-3-1-2-6-15/h4-5,8H,1-3,6-7H2,(H,16,17). The third-order valence-corrected chi connectivity index (χ3v) is 3.53. The fraction of sp³-hybridized carbons (Fsp3) is 0.417. The van der Waals surface area contributed by atoms with E-state index in [0.717, 1.165) is 23.7 Å². The molecule has 0 aliphatic rings. The Hall–Kier alpha value is -0.170. The first kappa shape index (κ1) is 14.9. The van der Waals surface area contributed by atoms with Crippen molar-refractivity contribution in [2.45, 2.75) is 19.3 Å². The van der Waals surface area contributed by atoms with Gasteiger partial charge in [0.15, 0.2) is 0 Å². The van der Waals surface area contributed by atoms with Gasteiger partial charge < -0.3 is 5.32 Å². The first-order chi connectivity index (χ1) is 8.15. The number of amides is 1. The molecule has 0 heterocycles. The van der Waals surface area contributed by atoms with E-state index in [1.54, 1.807) is 6.07 Å². The Kier molecular flexibility index (Phi) is 7.03. The predicted molar refractivity (Wildman–Crippen MR) is 79.2 cm³/mol. The molecule has 1 rings (SSSR count). The molecule has 0 atom stereocenters. The van der Waals surface area contributed by atoms with Crippen molar-refractivity contribution in [3.63, 3.8) is 0 Å². The first-order valence-electron chi connectivity index (χ1n) is 5.44. The van der Waals surface area contributed by atoms with E-state index in [0.29, 0.717) is 11.0 Å². The van der Waals surface area contributed by atoms with E-state index in [-0.39, 0.29) is 11.5 Å². The molecule has 1 aromatic rings. The third kappa shape index (κ3) is 5.33. The van der Waals surface area contributed by atoms with Crippen LogP contribution in [0.25, 0.3) is 0 Å². The zero-order valence-corrected chi connectivity index (χ0v) is 13.1. The van der Waals surface area contributed by atoms with Crippen LogP contribution in [0.3, 0.4) is 0 Å². The normalized spacial score (nSPS) is 10.3. The van der Waals surface area contributed by atoms with Crippen molar-refractivity contribution in [1.29, 1.82) is 0 Å². The summed E-state index contributed by atoms with van der Waals surface area (Å²) in [5.74, 6) is -0.839. The minimum Gasteiger partial charge on any atom is -0.352 e. The molecule has 17 heavy (non-hydrogen) atoms. The minimum absolute atomic E-state index is 0.0992. The SMILES string of the molecule is O=C(NCCCCCI)c1ccc(Br)cc1F. The number of nitrogens with one attached hydrogen (secondary N) is 1. The van der Waals surface area contributed by atoms with Crippen LogP contribution in [-0.2, 0) is 0 Å². The molecule has 0 saturated carbocycles. The van der Waals surface area contributed by atoms with Crippen LogP contribution in [0.2, 0.25) is 0 Å². The number of carbonyl (C=O) groups is 1. The Labute approximate surface area is 123 Å². The second kappa shape index (κ2) is 8.02. The Bertz CT molecular complexity index is 387. The molecule has 2 nitrogen and oxygen atoms in total. The summed E-state index contributed by atoms with van der Waals surface area (Å²) in [5, 5.41) is 2.72. The quantitative estimate of drug-likeness (QED) is 0.427. The number of rotatable bonds is 6. The van der Waals surface area contributed by atoms with E-state index in [1.807, 2.05) is 0 Å². The predicted octanol–water partition coefficient (Wildman–Crippen LogP) is 3.92. The van der Waals surface area contributed by atoms with E-state index >= 15 is 0 Å². The van der Waals surface area contributed by atoms with Crippen molar-refractivity contribution < 1.29 is 9.18 Å². The summed E-state index contributed by atoms with van der Waals surface area (Å²) in [4.78, 5) is 11.6. The molecule has 1 N–H and O–H groups in total. The lowest BCUT2D eigenvalue weighted by molar-refractivity contribution is 0.0949. The van der Waals surface area contributed by atoms with Gasteiger partial charge in [0, 0.05) is 11.0 Å². The second-order valence-corrected chi connectivity index (χ2v) is 5.62. The van der Waals surface area contributed by atoms with Gasteiger partial charge in [0.1, 0.15) is 5.82 Å². The van der Waals surface area contributed by atoms with Crippen LogP contribution in [0.5, 0.6) is 0 Å². The van der Waals surface area contributed by atoms with Crippen LogP contribution in [0.1, 0.15) is 29.6 Å². The van der Waals surface area contributed by atoms with Crippen molar-refractivity contribution in [3.8, 4) is 0 Å². The maximum atomic E-state index is 13.4. The van der Waals surface area contributed by atoms with Crippen molar-refractivity contribution in [2.75, 3.05) is 11.0 Å². The second-order valence-electron chi connectivity index (χ2n) is 3.63. The summed E-state index contributed by atoms with van der Waals surface area (Å²) in [7, 11) is 0. The minimum atomic E-state index is -0.496. The topological polar surface area (TPSA) is 29.1 Å². The zero-order valence-electron chi connectivity index (χ0n) is 9.31. The summed E-state index contributed by atoms with van der Waals surface area (Å²) in [6.45, 7) is 0.602. The highest BCUT2D eigenvalue weighted by atomic mass is 127. The lowest BCUT2D eigenvalue weighted by Gasteiger charge is -2.06. The van der Waals surface area contributed by atoms with Crippen LogP contribution in [-0.4, -0.2) is 16.9 Å². The molecule has 0 aliphatic carbocycles. The van der Waals surface area contributed by atoms with Crippen LogP contribution in [0.4, 0.5) is 4.39 Å². The highest BCUT2D eigenvalue weighted by molar-refractivity contribution is 14.1. The van der Waals surface area contributed by atoms with E-state index in [4.69, 9.17) is 0 Å². The van der Waals surface area contributed by atoms with Crippen molar-refractivity contribution in [3.05, 3.63) is 34.1 Å². The smallest absolute Gasteiger partial charge is 0.254 e. The number of unbranched alkanes of at least 4 members (excludes halogenated alkanes) is 2. The van der Waals surface area contributed by atoms with Gasteiger partial charge in [-0.05, 0) is 35.5 Å². The molecule has 0 bridgehead atoms. The summed E-state index contributed by atoms with van der Waals surface area (Å²) in [6, 6.07) is 4.44. The third-order valence-electron chi connectivity index (χ3n) is 2.27. The molecular weight excluding hydrogens is 400 g/mol. The summed E-state index contributed by atoms with van der Waals surface area (Å²) in [5.41, 5.74) is 0.0992. The maximum absolute atomic E-state index is 13.4. The molecular formula is C12H14BrFINO. The fourth-order valence-corrected chi connectivity index (χ4v) is 2.24. The highest BCUT2D eigenvalue weighted by Gasteiger charge is 2.10. The van der Waals surface area contributed by atoms with Gasteiger partial charge >= 0.3 is 0 Å². The van der Waals surface area contributed by atoms with Crippen LogP contribution >= 0.6 is 38.5 Å². The van der Waals surface area contributed by atoms with Gasteiger partial charge in [-0.1, -0.05) is 44.9 Å². The Morgan fingerprint density at radius 2 is 2.12 bits per heavy atom. The van der Waals surface area contributed by atoms with E-state index in [1.165, 1.54) is 12.1 Å². The lowest BCUT2D eigenvalue weighted by Crippen LogP contribution is -2.25. The number of hydrogen-bond donors (Lipinski definition) is 1. The van der Waals surface area contributed by atoms with Crippen molar-refractivity contribution in [1.82, 2.24) is 5.32 Å². The molecule has 0 aromatic heterocycles. The number of benzene rings is 1. The van der Waals surface area contributed by atoms with Gasteiger partial charge in [-0.2, -0.15) is 0 Å². The average molecular weight is 414 g/mol. The van der Waals surface area contributed by atoms with Gasteiger partial charge in [-0.25, -0.2) is 4.39 Å². The fourth-order valence-electron chi connectivity index (χ4n) is 1.37. The molecule has 94 valence electrons. The van der Waals surface area contributed by atoms with Crippen LogP contribution in [0.15, 0.2) is 22.7 Å². The molecule has 0 saturated heterocycles. The average Bonchev–Trinajstić information content (AvgIpc) is 2.28.